The van der Waals surface area contributed by atoms with Crippen molar-refractivity contribution in [1.29, 1.82) is 0 Å². The van der Waals surface area contributed by atoms with Crippen molar-refractivity contribution in [3.8, 4) is 0 Å². The average molecular weight is 282 g/mol. The first-order chi connectivity index (χ1) is 7.63. The summed E-state index contributed by atoms with van der Waals surface area (Å²) >= 11 is 3.44. The van der Waals surface area contributed by atoms with Crippen molar-refractivity contribution in [2.45, 2.75) is 19.8 Å². The van der Waals surface area contributed by atoms with Gasteiger partial charge in [-0.05, 0) is 24.1 Å². The molecule has 0 saturated heterocycles. The summed E-state index contributed by atoms with van der Waals surface area (Å²) < 4.78 is 1.04. The lowest BCUT2D eigenvalue weighted by atomic mass is 10.1. The van der Waals surface area contributed by atoms with Crippen LogP contribution >= 0.6 is 15.9 Å². The molecule has 0 atom stereocenters. The Morgan fingerprint density at radius 2 is 2.31 bits per heavy atom. The molecule has 0 spiro atoms. The standard InChI is InChI=1S/C12H16BrN3/c1-3-5-12(16-15-9(2)14)10-6-4-7-11(13)8-10/h4,6-8,15H,2-3,5,14H2,1H3/b16-12+. The number of hydrogen-bond donors (Lipinski definition) is 2. The summed E-state index contributed by atoms with van der Waals surface area (Å²) in [6.07, 6.45) is 1.93. The summed E-state index contributed by atoms with van der Waals surface area (Å²) in [5.41, 5.74) is 10.2. The van der Waals surface area contributed by atoms with E-state index in [9.17, 15) is 0 Å². The van der Waals surface area contributed by atoms with E-state index in [-0.39, 0.29) is 0 Å². The average Bonchev–Trinajstić information content (AvgIpc) is 2.24. The van der Waals surface area contributed by atoms with Crippen LogP contribution in [-0.2, 0) is 0 Å². The Bertz CT molecular complexity index is 399. The van der Waals surface area contributed by atoms with E-state index in [2.05, 4.69) is 40.0 Å². The highest BCUT2D eigenvalue weighted by Gasteiger charge is 2.03. The molecule has 0 fully saturated rings. The second kappa shape index (κ2) is 6.33. The molecule has 0 unspecified atom stereocenters. The van der Waals surface area contributed by atoms with Gasteiger partial charge in [0.15, 0.2) is 0 Å². The Hall–Kier alpha value is -1.29. The van der Waals surface area contributed by atoms with Crippen LogP contribution in [0.3, 0.4) is 0 Å². The number of nitrogens with one attached hydrogen (secondary N) is 1. The first-order valence-corrected chi connectivity index (χ1v) is 5.95. The number of hydrazone groups is 1. The zero-order valence-electron chi connectivity index (χ0n) is 9.33. The zero-order valence-corrected chi connectivity index (χ0v) is 10.9. The molecular weight excluding hydrogens is 266 g/mol. The first-order valence-electron chi connectivity index (χ1n) is 5.16. The maximum atomic E-state index is 5.42. The van der Waals surface area contributed by atoms with Gasteiger partial charge in [-0.2, -0.15) is 5.10 Å². The third kappa shape index (κ3) is 4.06. The number of benzene rings is 1. The third-order valence-corrected chi connectivity index (χ3v) is 2.47. The Morgan fingerprint density at radius 1 is 1.56 bits per heavy atom. The van der Waals surface area contributed by atoms with Crippen molar-refractivity contribution in [3.05, 3.63) is 46.7 Å². The van der Waals surface area contributed by atoms with Gasteiger partial charge in [-0.25, -0.2) is 0 Å². The van der Waals surface area contributed by atoms with E-state index >= 15 is 0 Å². The molecule has 0 aliphatic carbocycles. The van der Waals surface area contributed by atoms with E-state index in [0.29, 0.717) is 5.82 Å². The van der Waals surface area contributed by atoms with Crippen LogP contribution in [-0.4, -0.2) is 5.71 Å². The Morgan fingerprint density at radius 3 is 2.88 bits per heavy atom. The van der Waals surface area contributed by atoms with Gasteiger partial charge in [0.05, 0.1) is 5.71 Å². The highest BCUT2D eigenvalue weighted by Crippen LogP contribution is 2.14. The number of halogens is 1. The molecule has 1 rings (SSSR count). The van der Waals surface area contributed by atoms with E-state index in [4.69, 9.17) is 5.73 Å². The second-order valence-corrected chi connectivity index (χ2v) is 4.37. The molecule has 0 radical (unpaired) electrons. The lowest BCUT2D eigenvalue weighted by molar-refractivity contribution is 0.859. The van der Waals surface area contributed by atoms with Gasteiger partial charge in [-0.1, -0.05) is 48.0 Å². The van der Waals surface area contributed by atoms with E-state index < -0.39 is 0 Å². The van der Waals surface area contributed by atoms with Crippen molar-refractivity contribution in [3.63, 3.8) is 0 Å². The molecule has 0 amide bonds. The molecule has 16 heavy (non-hydrogen) atoms. The van der Waals surface area contributed by atoms with Gasteiger partial charge >= 0.3 is 0 Å². The number of nitrogens with two attached hydrogens (primary N) is 1. The van der Waals surface area contributed by atoms with Crippen molar-refractivity contribution in [1.82, 2.24) is 5.43 Å². The van der Waals surface area contributed by atoms with Crippen molar-refractivity contribution in [2.75, 3.05) is 0 Å². The predicted molar refractivity (Wildman–Crippen MR) is 72.1 cm³/mol. The molecule has 0 aliphatic heterocycles. The summed E-state index contributed by atoms with van der Waals surface area (Å²) in [5, 5.41) is 4.25. The van der Waals surface area contributed by atoms with Crippen LogP contribution in [0, 0.1) is 0 Å². The Labute approximate surface area is 105 Å². The highest BCUT2D eigenvalue weighted by molar-refractivity contribution is 9.10. The lowest BCUT2D eigenvalue weighted by Gasteiger charge is -2.07. The van der Waals surface area contributed by atoms with Crippen molar-refractivity contribution < 1.29 is 0 Å². The number of rotatable bonds is 5. The summed E-state index contributed by atoms with van der Waals surface area (Å²) in [4.78, 5) is 0. The molecule has 0 bridgehead atoms. The smallest absolute Gasteiger partial charge is 0.109 e. The molecule has 86 valence electrons. The third-order valence-electron chi connectivity index (χ3n) is 1.98. The quantitative estimate of drug-likeness (QED) is 0.644. The van der Waals surface area contributed by atoms with E-state index in [0.717, 1.165) is 28.6 Å². The van der Waals surface area contributed by atoms with E-state index in [1.807, 2.05) is 24.3 Å². The van der Waals surface area contributed by atoms with Gasteiger partial charge in [-0.15, -0.1) is 0 Å². The minimum atomic E-state index is 0.351. The second-order valence-electron chi connectivity index (χ2n) is 3.46. The Balaban J connectivity index is 2.92. The molecule has 1 aromatic carbocycles. The maximum Gasteiger partial charge on any atom is 0.109 e. The van der Waals surface area contributed by atoms with Crippen molar-refractivity contribution >= 4 is 21.6 Å². The predicted octanol–water partition coefficient (Wildman–Crippen LogP) is 2.97. The molecule has 0 heterocycles. The minimum absolute atomic E-state index is 0.351. The molecule has 4 heteroatoms. The topological polar surface area (TPSA) is 50.4 Å². The molecule has 0 aromatic heterocycles. The summed E-state index contributed by atoms with van der Waals surface area (Å²) in [5.74, 6) is 0.351. The zero-order chi connectivity index (χ0) is 12.0. The fourth-order valence-corrected chi connectivity index (χ4v) is 1.71. The van der Waals surface area contributed by atoms with Crippen LogP contribution < -0.4 is 11.2 Å². The molecular formula is C12H16BrN3. The fraction of sp³-hybridized carbons (Fsp3) is 0.250. The van der Waals surface area contributed by atoms with Crippen molar-refractivity contribution in [2.24, 2.45) is 10.8 Å². The van der Waals surface area contributed by atoms with Gasteiger partial charge in [-0.3, -0.25) is 5.43 Å². The lowest BCUT2D eigenvalue weighted by Crippen LogP contribution is -2.15. The molecule has 0 aliphatic rings. The molecule has 1 aromatic rings. The van der Waals surface area contributed by atoms with Gasteiger partial charge in [0, 0.05) is 4.47 Å². The largest absolute Gasteiger partial charge is 0.385 e. The minimum Gasteiger partial charge on any atom is -0.385 e. The Kier molecular flexibility index (Phi) is 5.05. The number of hydrogen-bond acceptors (Lipinski definition) is 3. The normalized spacial score (nSPS) is 11.2. The summed E-state index contributed by atoms with van der Waals surface area (Å²) in [7, 11) is 0. The number of nitrogens with zero attached hydrogens (tertiary/aromatic N) is 1. The molecule has 0 saturated carbocycles. The maximum absolute atomic E-state index is 5.42. The van der Waals surface area contributed by atoms with Gasteiger partial charge in [0.1, 0.15) is 5.82 Å². The summed E-state index contributed by atoms with van der Waals surface area (Å²) in [6, 6.07) is 8.04. The van der Waals surface area contributed by atoms with Crippen LogP contribution in [0.25, 0.3) is 0 Å². The molecule has 3 N–H and O–H groups in total. The SMILES string of the molecule is C=C(N)N/N=C(\CCC)c1cccc(Br)c1. The summed E-state index contributed by atoms with van der Waals surface area (Å²) in [6.45, 7) is 5.66. The first kappa shape index (κ1) is 12.8. The van der Waals surface area contributed by atoms with Crippen LogP contribution in [0.4, 0.5) is 0 Å². The van der Waals surface area contributed by atoms with Crippen LogP contribution in [0.5, 0.6) is 0 Å². The highest BCUT2D eigenvalue weighted by atomic mass is 79.9. The van der Waals surface area contributed by atoms with Crippen LogP contribution in [0.2, 0.25) is 0 Å². The van der Waals surface area contributed by atoms with Crippen LogP contribution in [0.15, 0.2) is 46.2 Å². The van der Waals surface area contributed by atoms with E-state index in [1.54, 1.807) is 0 Å². The van der Waals surface area contributed by atoms with E-state index in [1.165, 1.54) is 0 Å². The van der Waals surface area contributed by atoms with Gasteiger partial charge in [0.25, 0.3) is 0 Å². The van der Waals surface area contributed by atoms with Gasteiger partial charge in [0.2, 0.25) is 0 Å². The van der Waals surface area contributed by atoms with Gasteiger partial charge < -0.3 is 5.73 Å². The van der Waals surface area contributed by atoms with Crippen LogP contribution in [0.1, 0.15) is 25.3 Å². The molecule has 3 nitrogen and oxygen atoms in total. The monoisotopic (exact) mass is 281 g/mol. The fourth-order valence-electron chi connectivity index (χ4n) is 1.31.